The number of benzene rings is 13. The van der Waals surface area contributed by atoms with Crippen molar-refractivity contribution in [3.63, 3.8) is 0 Å². The number of fused-ring (bicyclic) bond motifs is 11. The van der Waals surface area contributed by atoms with E-state index in [2.05, 4.69) is 257 Å². The minimum absolute atomic E-state index is 0.00835. The highest BCUT2D eigenvalue weighted by molar-refractivity contribution is 7.00. The van der Waals surface area contributed by atoms with Gasteiger partial charge < -0.3 is 18.8 Å². The van der Waals surface area contributed by atoms with E-state index in [1.807, 2.05) is 78.9 Å². The summed E-state index contributed by atoms with van der Waals surface area (Å²) in [6, 6.07) is 114. The highest BCUT2D eigenvalue weighted by atomic mass is 16.3. The second-order valence-electron chi connectivity index (χ2n) is 24.3. The van der Waals surface area contributed by atoms with Gasteiger partial charge in [0.05, 0.1) is 33.5 Å². The summed E-state index contributed by atoms with van der Waals surface area (Å²) in [5.74, 6) is 2.19. The molecule has 13 aromatic carbocycles. The van der Waals surface area contributed by atoms with E-state index < -0.39 is 0 Å². The Kier molecular flexibility index (Phi) is 12.5. The van der Waals surface area contributed by atoms with Gasteiger partial charge in [-0.15, -0.1) is 0 Å². The Bertz CT molecular complexity index is 5690. The minimum Gasteiger partial charge on any atom is -0.455 e. The lowest BCUT2D eigenvalue weighted by Crippen LogP contribution is -2.61. The topological polar surface area (TPSA) is 89.0 Å². The number of furan rings is 1. The van der Waals surface area contributed by atoms with Crippen molar-refractivity contribution in [3.8, 4) is 84.9 Å². The number of nitrogens with zero attached hydrogens (tertiary/aromatic N) is 8. The molecule has 0 saturated heterocycles. The van der Waals surface area contributed by atoms with Crippen LogP contribution in [0.25, 0.3) is 129 Å². The quantitative estimate of drug-likeness (QED) is 0.125. The van der Waals surface area contributed by atoms with Crippen molar-refractivity contribution in [1.29, 1.82) is 0 Å². The Hall–Kier alpha value is -12.8. The maximum absolute atomic E-state index is 6.83. The third-order valence-electron chi connectivity index (χ3n) is 18.8. The number of hydrogen-bond acceptors (Lipinski definition) is 8. The fourth-order valence-corrected chi connectivity index (χ4v) is 14.6. The van der Waals surface area contributed by atoms with Crippen LogP contribution < -0.4 is 26.2 Å². The van der Waals surface area contributed by atoms with Gasteiger partial charge in [-0.3, -0.25) is 0 Å². The Labute approximate surface area is 547 Å². The zero-order valence-corrected chi connectivity index (χ0v) is 51.2. The summed E-state index contributed by atoms with van der Waals surface area (Å²) in [5.41, 5.74) is 24.2. The van der Waals surface area contributed by atoms with Gasteiger partial charge in [0.15, 0.2) is 23.3 Å². The van der Waals surface area contributed by atoms with Crippen LogP contribution in [0.4, 0.5) is 34.1 Å². The molecular formula is C85H53BN8O. The predicted octanol–water partition coefficient (Wildman–Crippen LogP) is 19.4. The van der Waals surface area contributed by atoms with Gasteiger partial charge in [0.1, 0.15) is 11.2 Å². The van der Waals surface area contributed by atoms with E-state index in [4.69, 9.17) is 29.3 Å². The molecule has 0 atom stereocenters. The van der Waals surface area contributed by atoms with Crippen LogP contribution in [-0.4, -0.2) is 36.2 Å². The zero-order valence-electron chi connectivity index (χ0n) is 51.2. The maximum Gasteiger partial charge on any atom is 0.252 e. The summed E-state index contributed by atoms with van der Waals surface area (Å²) in [4.78, 5) is 31.8. The molecular weight excluding hydrogens is 1160 g/mol. The molecule has 0 spiro atoms. The van der Waals surface area contributed by atoms with Crippen LogP contribution in [0.5, 0.6) is 0 Å². The maximum atomic E-state index is 6.83. The van der Waals surface area contributed by atoms with Gasteiger partial charge in [-0.2, -0.15) is 0 Å². The van der Waals surface area contributed by atoms with Gasteiger partial charge in [-0.1, -0.05) is 224 Å². The first-order valence-corrected chi connectivity index (χ1v) is 32.1. The largest absolute Gasteiger partial charge is 0.455 e. The molecule has 6 heterocycles. The van der Waals surface area contributed by atoms with Gasteiger partial charge >= 0.3 is 0 Å². The zero-order chi connectivity index (χ0) is 62.5. The van der Waals surface area contributed by atoms with Crippen LogP contribution in [0.3, 0.4) is 0 Å². The summed E-state index contributed by atoms with van der Waals surface area (Å²) in [5, 5.41) is 4.24. The number of rotatable bonds is 10. The van der Waals surface area contributed by atoms with Crippen LogP contribution >= 0.6 is 0 Å². The minimum atomic E-state index is 0.00835. The van der Waals surface area contributed by atoms with Crippen molar-refractivity contribution in [2.45, 2.75) is 0 Å². The summed E-state index contributed by atoms with van der Waals surface area (Å²) in [6.45, 7) is 0.00835. The average molecular weight is 1210 g/mol. The van der Waals surface area contributed by atoms with Gasteiger partial charge in [-0.05, 0) is 125 Å². The fourth-order valence-electron chi connectivity index (χ4n) is 14.6. The molecule has 19 rings (SSSR count). The molecule has 0 fully saturated rings. The average Bonchev–Trinajstić information content (AvgIpc) is 1.08. The van der Waals surface area contributed by atoms with Crippen LogP contribution in [0.1, 0.15) is 0 Å². The van der Waals surface area contributed by atoms with Crippen molar-refractivity contribution in [2.75, 3.05) is 9.80 Å². The van der Waals surface area contributed by atoms with E-state index in [1.165, 1.54) is 27.8 Å². The first-order valence-electron chi connectivity index (χ1n) is 32.1. The molecule has 17 aromatic rings. The van der Waals surface area contributed by atoms with Gasteiger partial charge in [-0.25, -0.2) is 24.9 Å². The number of aromatic nitrogens is 6. The molecule has 0 aliphatic carbocycles. The van der Waals surface area contributed by atoms with Crippen molar-refractivity contribution in [1.82, 2.24) is 29.5 Å². The Morgan fingerprint density at radius 3 is 1.36 bits per heavy atom. The third kappa shape index (κ3) is 8.91. The van der Waals surface area contributed by atoms with Crippen LogP contribution in [-0.2, 0) is 0 Å². The molecule has 0 N–H and O–H groups in total. The van der Waals surface area contributed by atoms with Crippen molar-refractivity contribution >= 4 is 101 Å². The van der Waals surface area contributed by atoms with E-state index >= 15 is 0 Å². The molecule has 0 unspecified atom stereocenters. The normalized spacial score (nSPS) is 12.4. The second kappa shape index (κ2) is 22.0. The predicted molar refractivity (Wildman–Crippen MR) is 389 cm³/mol. The van der Waals surface area contributed by atoms with Crippen LogP contribution in [0.15, 0.2) is 326 Å². The Morgan fingerprint density at radius 2 is 0.758 bits per heavy atom. The van der Waals surface area contributed by atoms with Gasteiger partial charge in [0, 0.05) is 83.7 Å². The molecule has 0 saturated carbocycles. The highest BCUT2D eigenvalue weighted by Crippen LogP contribution is 2.48. The van der Waals surface area contributed by atoms with E-state index in [9.17, 15) is 0 Å². The first kappa shape index (κ1) is 54.0. The van der Waals surface area contributed by atoms with Crippen molar-refractivity contribution in [2.24, 2.45) is 0 Å². The number of hydrogen-bond donors (Lipinski definition) is 0. The molecule has 2 aliphatic heterocycles. The molecule has 442 valence electrons. The molecule has 0 bridgehead atoms. The molecule has 10 heteroatoms. The van der Waals surface area contributed by atoms with Gasteiger partial charge in [0.25, 0.3) is 6.71 Å². The molecule has 9 nitrogen and oxygen atoms in total. The fraction of sp³-hybridized carbons (Fsp3) is 0. The van der Waals surface area contributed by atoms with Gasteiger partial charge in [0.2, 0.25) is 0 Å². The lowest BCUT2D eigenvalue weighted by molar-refractivity contribution is 0.673. The standard InChI is InChI=1S/C85H53BN8O/c1-6-24-55(25-7-1)69-53-70(56-44-42-54(43-45-56)60-51-76-80-77(52-60)93(62-32-14-5-15-33-62)74-40-22-19-37-68(74)86(80)67-36-18-21-39-73(67)92(76)61-30-12-4-13-31-61)88-85(87-69)66-50-59(84-90-82(57-26-8-2-9-27-57)89-83(91-84)58-28-10-3-11-29-58)46-48-72(66)94-71-38-20-16-35-65(71)79-75(94)49-47-64-63-34-17-23-41-78(63)95-81(64)79/h1-53H. The Balaban J connectivity index is 0.819. The molecule has 0 radical (unpaired) electrons. The summed E-state index contributed by atoms with van der Waals surface area (Å²) in [6.07, 6.45) is 0. The van der Waals surface area contributed by atoms with Crippen LogP contribution in [0.2, 0.25) is 0 Å². The van der Waals surface area contributed by atoms with E-state index in [-0.39, 0.29) is 6.71 Å². The first-order chi connectivity index (χ1) is 47.1. The van der Waals surface area contributed by atoms with E-state index in [0.29, 0.717) is 23.3 Å². The Morgan fingerprint density at radius 1 is 0.284 bits per heavy atom. The number of anilines is 6. The van der Waals surface area contributed by atoms with Crippen molar-refractivity contribution < 1.29 is 4.42 Å². The lowest BCUT2D eigenvalue weighted by atomic mass is 9.33. The summed E-state index contributed by atoms with van der Waals surface area (Å²) < 4.78 is 9.16. The third-order valence-corrected chi connectivity index (χ3v) is 18.8. The summed E-state index contributed by atoms with van der Waals surface area (Å²) in [7, 11) is 0. The van der Waals surface area contributed by atoms with E-state index in [1.54, 1.807) is 0 Å². The summed E-state index contributed by atoms with van der Waals surface area (Å²) >= 11 is 0. The van der Waals surface area contributed by atoms with Crippen LogP contribution in [0, 0.1) is 0 Å². The smallest absolute Gasteiger partial charge is 0.252 e. The monoisotopic (exact) mass is 1210 g/mol. The second-order valence-corrected chi connectivity index (χ2v) is 24.3. The highest BCUT2D eigenvalue weighted by Gasteiger charge is 2.43. The lowest BCUT2D eigenvalue weighted by Gasteiger charge is -2.44. The SMILES string of the molecule is c1ccc(-c2cc(-c3ccc(-c4cc5c6c(c4)N(c4ccccc4)c4ccccc4B6c4ccccc4N5c4ccccc4)cc3)nc(-c3cc(-c4nc(-c5ccccc5)nc(-c5ccccc5)n4)ccc3-n3c4ccccc4c4c5oc6ccccc6c5ccc43)n2)cc1. The van der Waals surface area contributed by atoms with Crippen molar-refractivity contribution in [3.05, 3.63) is 322 Å². The molecule has 95 heavy (non-hydrogen) atoms. The molecule has 4 aromatic heterocycles. The molecule has 2 aliphatic rings. The number of para-hydroxylation sites is 6. The van der Waals surface area contributed by atoms with E-state index in [0.717, 1.165) is 128 Å². The molecule has 0 amide bonds.